The fourth-order valence-corrected chi connectivity index (χ4v) is 3.69. The molecule has 0 saturated carbocycles. The van der Waals surface area contributed by atoms with E-state index in [0.717, 1.165) is 35.4 Å². The van der Waals surface area contributed by atoms with Gasteiger partial charge >= 0.3 is 5.97 Å². The molecule has 0 aliphatic carbocycles. The Morgan fingerprint density at radius 2 is 1.93 bits per heavy atom. The molecule has 0 N–H and O–H groups in total. The minimum absolute atomic E-state index is 0.331. The lowest BCUT2D eigenvalue weighted by molar-refractivity contribution is -0.137. The molecule has 0 amide bonds. The van der Waals surface area contributed by atoms with Crippen molar-refractivity contribution in [2.45, 2.75) is 26.2 Å². The van der Waals surface area contributed by atoms with Gasteiger partial charge in [0.2, 0.25) is 0 Å². The molecule has 0 atom stereocenters. The van der Waals surface area contributed by atoms with Crippen molar-refractivity contribution in [3.63, 3.8) is 0 Å². The minimum Gasteiger partial charge on any atom is -0.463 e. The van der Waals surface area contributed by atoms with Crippen LogP contribution < -0.4 is 4.90 Å². The summed E-state index contributed by atoms with van der Waals surface area (Å²) in [5.41, 5.74) is 5.25. The van der Waals surface area contributed by atoms with Gasteiger partial charge in [0, 0.05) is 30.5 Å². The van der Waals surface area contributed by atoms with Crippen molar-refractivity contribution in [3.05, 3.63) is 60.4 Å². The summed E-state index contributed by atoms with van der Waals surface area (Å²) in [4.78, 5) is 18.5. The fourth-order valence-electron chi connectivity index (χ4n) is 3.69. The van der Waals surface area contributed by atoms with E-state index in [2.05, 4.69) is 38.7 Å². The lowest BCUT2D eigenvalue weighted by Gasteiger charge is -2.29. The molecule has 1 aliphatic heterocycles. The zero-order valence-corrected chi connectivity index (χ0v) is 16.2. The van der Waals surface area contributed by atoms with Gasteiger partial charge in [0.05, 0.1) is 17.6 Å². The highest BCUT2D eigenvalue weighted by Gasteiger charge is 2.12. The maximum absolute atomic E-state index is 11.5. The first-order valence-corrected chi connectivity index (χ1v) is 9.92. The average molecular weight is 375 g/mol. The van der Waals surface area contributed by atoms with E-state index in [1.807, 2.05) is 24.5 Å². The van der Waals surface area contributed by atoms with Crippen molar-refractivity contribution >= 4 is 28.8 Å². The van der Waals surface area contributed by atoms with Crippen LogP contribution in [0.3, 0.4) is 0 Å². The molecule has 2 aromatic carbocycles. The summed E-state index contributed by atoms with van der Waals surface area (Å²) in [6.45, 7) is 4.43. The first kappa shape index (κ1) is 18.3. The number of carbonyl (C=O) groups excluding carboxylic acids is 1. The number of aromatic nitrogens is 2. The van der Waals surface area contributed by atoms with Gasteiger partial charge in [-0.3, -0.25) is 4.57 Å². The molecule has 0 bridgehead atoms. The molecule has 1 saturated heterocycles. The molecule has 28 heavy (non-hydrogen) atoms. The molecule has 1 aliphatic rings. The summed E-state index contributed by atoms with van der Waals surface area (Å²) in [7, 11) is 0. The monoisotopic (exact) mass is 375 g/mol. The van der Waals surface area contributed by atoms with Crippen LogP contribution in [0.4, 0.5) is 5.69 Å². The first-order valence-electron chi connectivity index (χ1n) is 9.92. The summed E-state index contributed by atoms with van der Waals surface area (Å²) >= 11 is 0. The third kappa shape index (κ3) is 3.93. The Bertz CT molecular complexity index is 1000. The number of imidazole rings is 1. The van der Waals surface area contributed by atoms with E-state index in [9.17, 15) is 4.79 Å². The number of carbonyl (C=O) groups is 1. The Balaban J connectivity index is 1.60. The third-order valence-corrected chi connectivity index (χ3v) is 5.10. The number of esters is 1. The Kier molecular flexibility index (Phi) is 5.42. The predicted molar refractivity (Wildman–Crippen MR) is 113 cm³/mol. The van der Waals surface area contributed by atoms with Gasteiger partial charge in [-0.1, -0.05) is 12.1 Å². The normalized spacial score (nSPS) is 14.7. The van der Waals surface area contributed by atoms with Gasteiger partial charge in [0.25, 0.3) is 0 Å². The second-order valence-electron chi connectivity index (χ2n) is 7.02. The van der Waals surface area contributed by atoms with Crippen LogP contribution in [0.15, 0.2) is 54.9 Å². The minimum atomic E-state index is -0.331. The lowest BCUT2D eigenvalue weighted by atomic mass is 10.1. The van der Waals surface area contributed by atoms with Gasteiger partial charge in [-0.2, -0.15) is 0 Å². The molecule has 1 aromatic heterocycles. The van der Waals surface area contributed by atoms with Crippen molar-refractivity contribution in [3.8, 4) is 5.69 Å². The number of ether oxygens (including phenoxy) is 1. The van der Waals surface area contributed by atoms with Gasteiger partial charge in [-0.05, 0) is 68.2 Å². The number of nitrogens with zero attached hydrogens (tertiary/aromatic N) is 3. The second-order valence-corrected chi connectivity index (χ2v) is 7.02. The summed E-state index contributed by atoms with van der Waals surface area (Å²) in [5.74, 6) is -0.331. The van der Waals surface area contributed by atoms with E-state index in [4.69, 9.17) is 4.74 Å². The highest BCUT2D eigenvalue weighted by atomic mass is 16.5. The van der Waals surface area contributed by atoms with Crippen molar-refractivity contribution < 1.29 is 9.53 Å². The zero-order valence-electron chi connectivity index (χ0n) is 16.2. The molecule has 5 nitrogen and oxygen atoms in total. The van der Waals surface area contributed by atoms with Crippen LogP contribution in [0.1, 0.15) is 31.7 Å². The van der Waals surface area contributed by atoms with Crippen LogP contribution in [0.2, 0.25) is 0 Å². The quantitative estimate of drug-likeness (QED) is 0.483. The van der Waals surface area contributed by atoms with E-state index in [-0.39, 0.29) is 5.97 Å². The number of hydrogen-bond acceptors (Lipinski definition) is 4. The maximum atomic E-state index is 11.5. The Labute approximate surface area is 165 Å². The van der Waals surface area contributed by atoms with Crippen molar-refractivity contribution in [1.29, 1.82) is 0 Å². The van der Waals surface area contributed by atoms with Crippen molar-refractivity contribution in [2.24, 2.45) is 0 Å². The molecular formula is C23H25N3O2. The molecular weight excluding hydrogens is 350 g/mol. The molecule has 144 valence electrons. The largest absolute Gasteiger partial charge is 0.463 e. The number of anilines is 1. The maximum Gasteiger partial charge on any atom is 0.330 e. The van der Waals surface area contributed by atoms with E-state index < -0.39 is 0 Å². The molecule has 0 radical (unpaired) electrons. The van der Waals surface area contributed by atoms with Crippen molar-refractivity contribution in [1.82, 2.24) is 9.55 Å². The average Bonchev–Trinajstić information content (AvgIpc) is 3.16. The number of piperidine rings is 1. The van der Waals surface area contributed by atoms with Crippen LogP contribution in [0.25, 0.3) is 22.8 Å². The van der Waals surface area contributed by atoms with Crippen LogP contribution in [0, 0.1) is 0 Å². The molecule has 4 rings (SSSR count). The number of fused-ring (bicyclic) bond motifs is 1. The van der Waals surface area contributed by atoms with Crippen LogP contribution >= 0.6 is 0 Å². The van der Waals surface area contributed by atoms with Gasteiger partial charge < -0.3 is 9.64 Å². The van der Waals surface area contributed by atoms with E-state index in [1.165, 1.54) is 31.0 Å². The molecule has 0 spiro atoms. The van der Waals surface area contributed by atoms with Crippen LogP contribution in [-0.2, 0) is 9.53 Å². The lowest BCUT2D eigenvalue weighted by Crippen LogP contribution is -2.29. The second kappa shape index (κ2) is 8.30. The number of rotatable bonds is 5. The Morgan fingerprint density at radius 1 is 1.11 bits per heavy atom. The summed E-state index contributed by atoms with van der Waals surface area (Å²) in [5, 5.41) is 0. The number of benzene rings is 2. The topological polar surface area (TPSA) is 47.4 Å². The molecule has 0 unspecified atom stereocenters. The predicted octanol–water partition coefficient (Wildman–Crippen LogP) is 4.59. The smallest absolute Gasteiger partial charge is 0.330 e. The molecule has 5 heteroatoms. The van der Waals surface area contributed by atoms with Crippen LogP contribution in [-0.4, -0.2) is 35.2 Å². The molecule has 2 heterocycles. The Hall–Kier alpha value is -3.08. The molecule has 3 aromatic rings. The van der Waals surface area contributed by atoms with Gasteiger partial charge in [-0.15, -0.1) is 0 Å². The van der Waals surface area contributed by atoms with Gasteiger partial charge in [0.15, 0.2) is 0 Å². The highest BCUT2D eigenvalue weighted by Crippen LogP contribution is 2.25. The van der Waals surface area contributed by atoms with Gasteiger partial charge in [-0.25, -0.2) is 9.78 Å². The highest BCUT2D eigenvalue weighted by molar-refractivity contribution is 5.88. The first-order chi connectivity index (χ1) is 13.7. The third-order valence-electron chi connectivity index (χ3n) is 5.10. The zero-order chi connectivity index (χ0) is 19.3. The summed E-state index contributed by atoms with van der Waals surface area (Å²) < 4.78 is 7.04. The molecule has 1 fully saturated rings. The summed E-state index contributed by atoms with van der Waals surface area (Å²) in [6, 6.07) is 14.7. The van der Waals surface area contributed by atoms with Crippen LogP contribution in [0.5, 0.6) is 0 Å². The van der Waals surface area contributed by atoms with Crippen molar-refractivity contribution in [2.75, 3.05) is 24.6 Å². The van der Waals surface area contributed by atoms with E-state index >= 15 is 0 Å². The number of hydrogen-bond donors (Lipinski definition) is 0. The summed E-state index contributed by atoms with van der Waals surface area (Å²) in [6.07, 6.45) is 8.92. The fraction of sp³-hybridized carbons (Fsp3) is 0.304. The SMILES string of the molecule is CCOC(=O)C=Cc1ccc2c(c1)ncn2-c1cccc(N2CCCCC2)c1. The standard InChI is InChI=1S/C23H25N3O2/c1-2-28-23(27)12-10-18-9-11-22-21(15-18)24-17-26(22)20-8-6-7-19(16-20)25-13-4-3-5-14-25/h6-12,15-17H,2-5,13-14H2,1H3. The van der Waals surface area contributed by atoms with E-state index in [0.29, 0.717) is 6.61 Å². The Morgan fingerprint density at radius 3 is 2.75 bits per heavy atom. The van der Waals surface area contributed by atoms with Gasteiger partial charge in [0.1, 0.15) is 6.33 Å². The van der Waals surface area contributed by atoms with E-state index in [1.54, 1.807) is 13.0 Å².